The zero-order valence-corrected chi connectivity index (χ0v) is 13.6. The van der Waals surface area contributed by atoms with Crippen LogP contribution in [0.4, 0.5) is 5.69 Å². The van der Waals surface area contributed by atoms with Gasteiger partial charge in [-0.15, -0.1) is 0 Å². The predicted molar refractivity (Wildman–Crippen MR) is 89.5 cm³/mol. The highest BCUT2D eigenvalue weighted by molar-refractivity contribution is 5.74. The molecule has 6 heteroatoms. The minimum absolute atomic E-state index is 0.0655. The minimum atomic E-state index is -0.323. The first-order valence-electron chi connectivity index (χ1n) is 8.19. The number of amides is 1. The Bertz CT molecular complexity index is 431. The normalized spacial score (nSPS) is 10.6. The van der Waals surface area contributed by atoms with Crippen LogP contribution in [0.2, 0.25) is 0 Å². The maximum absolute atomic E-state index is 10.8. The third-order valence-corrected chi connectivity index (χ3v) is 3.79. The Balaban J connectivity index is 2.29. The Hall–Kier alpha value is -1.63. The predicted octanol–water partition coefficient (Wildman–Crippen LogP) is 1.48. The number of rotatable bonds is 12. The zero-order chi connectivity index (χ0) is 16.9. The molecule has 0 unspecified atom stereocenters. The summed E-state index contributed by atoms with van der Waals surface area (Å²) in [7, 11) is 0. The highest BCUT2D eigenvalue weighted by atomic mass is 16.5. The Morgan fingerprint density at radius 1 is 0.957 bits per heavy atom. The number of hydroxylamine groups is 1. The van der Waals surface area contributed by atoms with E-state index < -0.39 is 0 Å². The summed E-state index contributed by atoms with van der Waals surface area (Å²) in [6.45, 7) is 1.16. The van der Waals surface area contributed by atoms with Gasteiger partial charge < -0.3 is 15.1 Å². The molecule has 23 heavy (non-hydrogen) atoms. The van der Waals surface area contributed by atoms with Crippen LogP contribution in [-0.4, -0.2) is 47.6 Å². The fourth-order valence-electron chi connectivity index (χ4n) is 2.51. The van der Waals surface area contributed by atoms with Crippen LogP contribution < -0.4 is 10.4 Å². The number of benzene rings is 1. The van der Waals surface area contributed by atoms with Crippen molar-refractivity contribution in [1.82, 2.24) is 5.48 Å². The van der Waals surface area contributed by atoms with Gasteiger partial charge in [-0.3, -0.25) is 10.0 Å². The molecule has 0 saturated heterocycles. The molecule has 0 aromatic heterocycles. The number of unbranched alkanes of at least 4 members (excludes halogenated alkanes) is 3. The number of carbonyl (C=O) groups excluding carboxylic acids is 1. The van der Waals surface area contributed by atoms with Crippen molar-refractivity contribution < 1.29 is 20.2 Å². The van der Waals surface area contributed by atoms with Crippen LogP contribution in [-0.2, 0) is 11.2 Å². The molecule has 1 aromatic rings. The van der Waals surface area contributed by atoms with Gasteiger partial charge in [-0.2, -0.15) is 0 Å². The molecule has 1 rings (SSSR count). The Morgan fingerprint density at radius 2 is 1.57 bits per heavy atom. The van der Waals surface area contributed by atoms with Crippen molar-refractivity contribution in [2.45, 2.75) is 38.5 Å². The highest BCUT2D eigenvalue weighted by Crippen LogP contribution is 2.16. The molecule has 1 aromatic carbocycles. The number of aliphatic hydroxyl groups is 2. The maximum Gasteiger partial charge on any atom is 0.243 e. The van der Waals surface area contributed by atoms with Gasteiger partial charge in [0.15, 0.2) is 0 Å². The summed E-state index contributed by atoms with van der Waals surface area (Å²) >= 11 is 0. The van der Waals surface area contributed by atoms with Gasteiger partial charge in [0.25, 0.3) is 0 Å². The van der Waals surface area contributed by atoms with Crippen LogP contribution in [0.15, 0.2) is 24.3 Å². The summed E-state index contributed by atoms with van der Waals surface area (Å²) in [6.07, 6.45) is 5.26. The smallest absolute Gasteiger partial charge is 0.243 e. The second-order valence-electron chi connectivity index (χ2n) is 5.55. The first-order valence-corrected chi connectivity index (χ1v) is 8.19. The van der Waals surface area contributed by atoms with Crippen molar-refractivity contribution in [3.63, 3.8) is 0 Å². The number of nitrogens with zero attached hydrogens (tertiary/aromatic N) is 1. The third kappa shape index (κ3) is 7.97. The van der Waals surface area contributed by atoms with Gasteiger partial charge >= 0.3 is 0 Å². The van der Waals surface area contributed by atoms with Crippen LogP contribution in [0.3, 0.4) is 0 Å². The molecule has 0 heterocycles. The number of anilines is 1. The van der Waals surface area contributed by atoms with E-state index in [0.717, 1.165) is 37.8 Å². The number of aliphatic hydroxyl groups excluding tert-OH is 2. The van der Waals surface area contributed by atoms with E-state index in [-0.39, 0.29) is 19.1 Å². The van der Waals surface area contributed by atoms with Gasteiger partial charge in [0.1, 0.15) is 0 Å². The van der Waals surface area contributed by atoms with E-state index >= 15 is 0 Å². The van der Waals surface area contributed by atoms with Crippen molar-refractivity contribution in [2.24, 2.45) is 0 Å². The lowest BCUT2D eigenvalue weighted by molar-refractivity contribution is -0.129. The molecule has 0 aliphatic carbocycles. The molecule has 0 fully saturated rings. The fraction of sp³-hybridized carbons (Fsp3) is 0.588. The highest BCUT2D eigenvalue weighted by Gasteiger charge is 2.05. The van der Waals surface area contributed by atoms with Gasteiger partial charge in [-0.1, -0.05) is 25.0 Å². The van der Waals surface area contributed by atoms with Gasteiger partial charge in [-0.25, -0.2) is 5.48 Å². The van der Waals surface area contributed by atoms with E-state index in [1.165, 1.54) is 5.56 Å². The van der Waals surface area contributed by atoms with E-state index in [2.05, 4.69) is 12.1 Å². The van der Waals surface area contributed by atoms with Gasteiger partial charge in [0.2, 0.25) is 5.91 Å². The van der Waals surface area contributed by atoms with E-state index in [1.807, 2.05) is 17.0 Å². The standard InChI is InChI=1S/C17H28N2O4/c20-13-11-19(12-14-21)16-9-7-15(8-10-16)5-3-1-2-4-6-17(22)18-23/h7-10,20-21,23H,1-6,11-14H2,(H,18,22). The lowest BCUT2D eigenvalue weighted by atomic mass is 10.0. The van der Waals surface area contributed by atoms with Crippen LogP contribution in [0.25, 0.3) is 0 Å². The van der Waals surface area contributed by atoms with Crippen LogP contribution >= 0.6 is 0 Å². The second-order valence-corrected chi connectivity index (χ2v) is 5.55. The summed E-state index contributed by atoms with van der Waals surface area (Å²) in [4.78, 5) is 12.8. The number of aryl methyl sites for hydroxylation is 1. The molecular weight excluding hydrogens is 296 g/mol. The molecule has 0 radical (unpaired) electrons. The van der Waals surface area contributed by atoms with E-state index in [1.54, 1.807) is 5.48 Å². The van der Waals surface area contributed by atoms with Crippen LogP contribution in [0.1, 0.15) is 37.7 Å². The topological polar surface area (TPSA) is 93.0 Å². The zero-order valence-electron chi connectivity index (χ0n) is 13.6. The summed E-state index contributed by atoms with van der Waals surface area (Å²) in [6, 6.07) is 8.20. The third-order valence-electron chi connectivity index (χ3n) is 3.79. The lowest BCUT2D eigenvalue weighted by Crippen LogP contribution is -2.29. The number of carbonyl (C=O) groups is 1. The molecule has 1 amide bonds. The molecule has 0 saturated carbocycles. The number of hydrogen-bond acceptors (Lipinski definition) is 5. The van der Waals surface area contributed by atoms with Crippen molar-refractivity contribution in [3.05, 3.63) is 29.8 Å². The van der Waals surface area contributed by atoms with Gasteiger partial charge in [0, 0.05) is 25.2 Å². The average molecular weight is 324 g/mol. The second kappa shape index (κ2) is 11.9. The van der Waals surface area contributed by atoms with E-state index in [9.17, 15) is 4.79 Å². The fourth-order valence-corrected chi connectivity index (χ4v) is 2.51. The van der Waals surface area contributed by atoms with Gasteiger partial charge in [0.05, 0.1) is 13.2 Å². The summed E-state index contributed by atoms with van der Waals surface area (Å²) in [5.41, 5.74) is 3.91. The van der Waals surface area contributed by atoms with Gasteiger partial charge in [-0.05, 0) is 37.0 Å². The summed E-state index contributed by atoms with van der Waals surface area (Å²) in [5, 5.41) is 26.5. The molecule has 0 aliphatic heterocycles. The maximum atomic E-state index is 10.8. The Kier molecular flexibility index (Phi) is 10.0. The van der Waals surface area contributed by atoms with E-state index in [0.29, 0.717) is 19.5 Å². The molecular formula is C17H28N2O4. The van der Waals surface area contributed by atoms with Crippen molar-refractivity contribution in [2.75, 3.05) is 31.2 Å². The molecule has 0 bridgehead atoms. The Morgan fingerprint density at radius 3 is 2.13 bits per heavy atom. The average Bonchev–Trinajstić information content (AvgIpc) is 2.58. The number of hydrogen-bond donors (Lipinski definition) is 4. The largest absolute Gasteiger partial charge is 0.395 e. The summed E-state index contributed by atoms with van der Waals surface area (Å²) in [5.74, 6) is -0.323. The van der Waals surface area contributed by atoms with Crippen molar-refractivity contribution in [3.8, 4) is 0 Å². The Labute approximate surface area is 137 Å². The molecule has 4 N–H and O–H groups in total. The SMILES string of the molecule is O=C(CCCCCCc1ccc(N(CCO)CCO)cc1)NO. The monoisotopic (exact) mass is 324 g/mol. The number of nitrogens with one attached hydrogen (secondary N) is 1. The first kappa shape index (κ1) is 19.4. The lowest BCUT2D eigenvalue weighted by Gasteiger charge is -2.23. The summed E-state index contributed by atoms with van der Waals surface area (Å²) < 4.78 is 0. The van der Waals surface area contributed by atoms with Crippen molar-refractivity contribution >= 4 is 11.6 Å². The van der Waals surface area contributed by atoms with E-state index in [4.69, 9.17) is 15.4 Å². The molecule has 0 aliphatic rings. The quantitative estimate of drug-likeness (QED) is 0.265. The molecule has 6 nitrogen and oxygen atoms in total. The van der Waals surface area contributed by atoms with Crippen LogP contribution in [0.5, 0.6) is 0 Å². The molecule has 0 atom stereocenters. The molecule has 130 valence electrons. The molecule has 0 spiro atoms. The van der Waals surface area contributed by atoms with Crippen LogP contribution in [0, 0.1) is 0 Å². The van der Waals surface area contributed by atoms with Crippen molar-refractivity contribution in [1.29, 1.82) is 0 Å². The minimum Gasteiger partial charge on any atom is -0.395 e. The first-order chi connectivity index (χ1) is 11.2.